The molecule has 0 amide bonds. The van der Waals surface area contributed by atoms with Crippen molar-refractivity contribution in [2.75, 3.05) is 19.8 Å². The van der Waals surface area contributed by atoms with Gasteiger partial charge in [0.25, 0.3) is 0 Å². The molecular weight excluding hydrogens is 198 g/mol. The maximum Gasteiger partial charge on any atom is 0.0619 e. The molecule has 0 aliphatic carbocycles. The second kappa shape index (κ2) is 6.02. The molecule has 0 aromatic heterocycles. The van der Waals surface area contributed by atoms with Crippen LogP contribution < -0.4 is 5.32 Å². The lowest BCUT2D eigenvalue weighted by atomic mass is 10.1. The van der Waals surface area contributed by atoms with Gasteiger partial charge < -0.3 is 10.1 Å². The van der Waals surface area contributed by atoms with E-state index in [2.05, 4.69) is 36.5 Å². The van der Waals surface area contributed by atoms with Gasteiger partial charge in [-0.15, -0.1) is 0 Å². The first kappa shape index (κ1) is 11.6. The average Bonchev–Trinajstić information content (AvgIpc) is 2.33. The van der Waals surface area contributed by atoms with Gasteiger partial charge in [-0.2, -0.15) is 0 Å². The SMILES string of the molecule is Cc1ccccc1CCNC1CCCOC1. The Morgan fingerprint density at radius 1 is 1.38 bits per heavy atom. The molecule has 0 spiro atoms. The van der Waals surface area contributed by atoms with Crippen LogP contribution >= 0.6 is 0 Å². The Kier molecular flexibility index (Phi) is 4.37. The Bertz CT molecular complexity index is 318. The zero-order valence-electron chi connectivity index (χ0n) is 10.0. The Hall–Kier alpha value is -0.860. The van der Waals surface area contributed by atoms with E-state index in [1.54, 1.807) is 0 Å². The van der Waals surface area contributed by atoms with E-state index in [-0.39, 0.29) is 0 Å². The number of hydrogen-bond donors (Lipinski definition) is 1. The molecule has 1 aromatic carbocycles. The van der Waals surface area contributed by atoms with Gasteiger partial charge in [0.15, 0.2) is 0 Å². The topological polar surface area (TPSA) is 21.3 Å². The molecule has 2 rings (SSSR count). The maximum atomic E-state index is 5.45. The Balaban J connectivity index is 1.73. The highest BCUT2D eigenvalue weighted by atomic mass is 16.5. The molecule has 1 aromatic rings. The third-order valence-electron chi connectivity index (χ3n) is 3.25. The maximum absolute atomic E-state index is 5.45. The lowest BCUT2D eigenvalue weighted by Crippen LogP contribution is -2.37. The third-order valence-corrected chi connectivity index (χ3v) is 3.25. The molecule has 1 aliphatic heterocycles. The van der Waals surface area contributed by atoms with Crippen molar-refractivity contribution in [3.8, 4) is 0 Å². The second-order valence-electron chi connectivity index (χ2n) is 4.54. The van der Waals surface area contributed by atoms with E-state index in [1.807, 2.05) is 0 Å². The quantitative estimate of drug-likeness (QED) is 0.839. The molecule has 1 aliphatic rings. The first-order valence-corrected chi connectivity index (χ1v) is 6.22. The summed E-state index contributed by atoms with van der Waals surface area (Å²) >= 11 is 0. The Morgan fingerprint density at radius 2 is 2.25 bits per heavy atom. The summed E-state index contributed by atoms with van der Waals surface area (Å²) in [7, 11) is 0. The second-order valence-corrected chi connectivity index (χ2v) is 4.54. The van der Waals surface area contributed by atoms with Crippen LogP contribution in [0.15, 0.2) is 24.3 Å². The fourth-order valence-corrected chi connectivity index (χ4v) is 2.20. The minimum absolute atomic E-state index is 0.567. The molecule has 2 nitrogen and oxygen atoms in total. The molecule has 1 heterocycles. The summed E-state index contributed by atoms with van der Waals surface area (Å²) in [6.07, 6.45) is 3.57. The van der Waals surface area contributed by atoms with Gasteiger partial charge >= 0.3 is 0 Å². The summed E-state index contributed by atoms with van der Waals surface area (Å²) in [4.78, 5) is 0. The van der Waals surface area contributed by atoms with Crippen LogP contribution in [0, 0.1) is 6.92 Å². The molecular formula is C14H21NO. The minimum Gasteiger partial charge on any atom is -0.380 e. The van der Waals surface area contributed by atoms with Gasteiger partial charge in [-0.3, -0.25) is 0 Å². The van der Waals surface area contributed by atoms with E-state index < -0.39 is 0 Å². The van der Waals surface area contributed by atoms with Gasteiger partial charge in [0.2, 0.25) is 0 Å². The number of rotatable bonds is 4. The summed E-state index contributed by atoms with van der Waals surface area (Å²) < 4.78 is 5.45. The summed E-state index contributed by atoms with van der Waals surface area (Å²) in [5.41, 5.74) is 2.84. The van der Waals surface area contributed by atoms with E-state index in [0.717, 1.165) is 26.2 Å². The van der Waals surface area contributed by atoms with Crippen molar-refractivity contribution in [1.82, 2.24) is 5.32 Å². The molecule has 0 bridgehead atoms. The first-order chi connectivity index (χ1) is 7.86. The van der Waals surface area contributed by atoms with Crippen LogP contribution in [0.25, 0.3) is 0 Å². The zero-order chi connectivity index (χ0) is 11.2. The van der Waals surface area contributed by atoms with Crippen molar-refractivity contribution in [2.45, 2.75) is 32.2 Å². The molecule has 0 radical (unpaired) electrons. The van der Waals surface area contributed by atoms with E-state index in [0.29, 0.717) is 6.04 Å². The van der Waals surface area contributed by atoms with Crippen LogP contribution in [0.3, 0.4) is 0 Å². The number of benzene rings is 1. The smallest absolute Gasteiger partial charge is 0.0619 e. The van der Waals surface area contributed by atoms with Crippen LogP contribution in [0.1, 0.15) is 24.0 Å². The molecule has 1 unspecified atom stereocenters. The molecule has 1 saturated heterocycles. The fraction of sp³-hybridized carbons (Fsp3) is 0.571. The first-order valence-electron chi connectivity index (χ1n) is 6.22. The summed E-state index contributed by atoms with van der Waals surface area (Å²) in [6.45, 7) is 5.06. The highest BCUT2D eigenvalue weighted by molar-refractivity contribution is 5.25. The zero-order valence-corrected chi connectivity index (χ0v) is 10.0. The van der Waals surface area contributed by atoms with Gasteiger partial charge in [-0.1, -0.05) is 24.3 Å². The van der Waals surface area contributed by atoms with Gasteiger partial charge in [-0.05, 0) is 43.9 Å². The third kappa shape index (κ3) is 3.32. The minimum atomic E-state index is 0.567. The van der Waals surface area contributed by atoms with E-state index in [1.165, 1.54) is 24.0 Å². The molecule has 2 heteroatoms. The van der Waals surface area contributed by atoms with Crippen LogP contribution in [-0.2, 0) is 11.2 Å². The lowest BCUT2D eigenvalue weighted by Gasteiger charge is -2.23. The molecule has 0 saturated carbocycles. The summed E-state index contributed by atoms with van der Waals surface area (Å²) in [6, 6.07) is 9.18. The Labute approximate surface area is 98.0 Å². The van der Waals surface area contributed by atoms with E-state index in [9.17, 15) is 0 Å². The number of aryl methyl sites for hydroxylation is 1. The van der Waals surface area contributed by atoms with E-state index in [4.69, 9.17) is 4.74 Å². The summed E-state index contributed by atoms with van der Waals surface area (Å²) in [5.74, 6) is 0. The predicted octanol–water partition coefficient (Wildman–Crippen LogP) is 2.31. The van der Waals surface area contributed by atoms with Crippen molar-refractivity contribution in [1.29, 1.82) is 0 Å². The molecule has 1 fully saturated rings. The summed E-state index contributed by atoms with van der Waals surface area (Å²) in [5, 5.41) is 3.57. The number of ether oxygens (including phenoxy) is 1. The van der Waals surface area contributed by atoms with Gasteiger partial charge in [-0.25, -0.2) is 0 Å². The van der Waals surface area contributed by atoms with Crippen LogP contribution in [0.2, 0.25) is 0 Å². The number of nitrogens with one attached hydrogen (secondary N) is 1. The van der Waals surface area contributed by atoms with Crippen molar-refractivity contribution in [3.05, 3.63) is 35.4 Å². The standard InChI is InChI=1S/C14H21NO/c1-12-5-2-3-6-13(12)8-9-15-14-7-4-10-16-11-14/h2-3,5-6,14-15H,4,7-11H2,1H3. The number of hydrogen-bond acceptors (Lipinski definition) is 2. The highest BCUT2D eigenvalue weighted by Crippen LogP contribution is 2.08. The van der Waals surface area contributed by atoms with Gasteiger partial charge in [0.05, 0.1) is 6.61 Å². The van der Waals surface area contributed by atoms with Crippen molar-refractivity contribution in [2.24, 2.45) is 0 Å². The van der Waals surface area contributed by atoms with Gasteiger partial charge in [0, 0.05) is 12.6 Å². The van der Waals surface area contributed by atoms with Crippen molar-refractivity contribution >= 4 is 0 Å². The molecule has 88 valence electrons. The van der Waals surface area contributed by atoms with Crippen LogP contribution in [0.5, 0.6) is 0 Å². The van der Waals surface area contributed by atoms with Crippen molar-refractivity contribution in [3.63, 3.8) is 0 Å². The highest BCUT2D eigenvalue weighted by Gasteiger charge is 2.12. The lowest BCUT2D eigenvalue weighted by molar-refractivity contribution is 0.0707. The fourth-order valence-electron chi connectivity index (χ4n) is 2.20. The normalized spacial score (nSPS) is 20.9. The molecule has 16 heavy (non-hydrogen) atoms. The van der Waals surface area contributed by atoms with Crippen molar-refractivity contribution < 1.29 is 4.74 Å². The average molecular weight is 219 g/mol. The Morgan fingerprint density at radius 3 is 3.00 bits per heavy atom. The molecule has 1 atom stereocenters. The van der Waals surface area contributed by atoms with E-state index >= 15 is 0 Å². The van der Waals surface area contributed by atoms with Crippen LogP contribution in [-0.4, -0.2) is 25.8 Å². The van der Waals surface area contributed by atoms with Crippen LogP contribution in [0.4, 0.5) is 0 Å². The monoisotopic (exact) mass is 219 g/mol. The predicted molar refractivity (Wildman–Crippen MR) is 66.7 cm³/mol. The largest absolute Gasteiger partial charge is 0.380 e. The molecule has 1 N–H and O–H groups in total. The van der Waals surface area contributed by atoms with Gasteiger partial charge in [0.1, 0.15) is 0 Å².